The van der Waals surface area contributed by atoms with Gasteiger partial charge in [0, 0.05) is 23.2 Å². The van der Waals surface area contributed by atoms with E-state index in [0.29, 0.717) is 0 Å². The standard InChI is InChI=1S/C7H13N3O5.C2H5NO2/c1-8-5(2-3-6(11)12)7(13)9-4-10(14)15;1-2-3(4)5/h5,8H,2-4H2,1H3,(H,9,13)(H,11,12);2H2,1H3. The van der Waals surface area contributed by atoms with E-state index in [1.54, 1.807) is 0 Å². The number of amides is 1. The second-order valence-corrected chi connectivity index (χ2v) is 3.45. The van der Waals surface area contributed by atoms with Crippen molar-refractivity contribution in [2.24, 2.45) is 0 Å². The fourth-order valence-corrected chi connectivity index (χ4v) is 0.940. The van der Waals surface area contributed by atoms with Crippen LogP contribution in [0.1, 0.15) is 19.8 Å². The maximum absolute atomic E-state index is 11.2. The highest BCUT2D eigenvalue weighted by molar-refractivity contribution is 5.82. The quantitative estimate of drug-likeness (QED) is 0.293. The first-order valence-electron chi connectivity index (χ1n) is 5.64. The van der Waals surface area contributed by atoms with Crippen molar-refractivity contribution in [2.75, 3.05) is 20.3 Å². The highest BCUT2D eigenvalue weighted by Gasteiger charge is 2.18. The Morgan fingerprint density at radius 1 is 1.25 bits per heavy atom. The Morgan fingerprint density at radius 2 is 1.75 bits per heavy atom. The molecule has 0 aliphatic rings. The van der Waals surface area contributed by atoms with Gasteiger partial charge in [-0.05, 0) is 13.5 Å². The van der Waals surface area contributed by atoms with Gasteiger partial charge in [-0.2, -0.15) is 0 Å². The summed E-state index contributed by atoms with van der Waals surface area (Å²) < 4.78 is 0. The number of carbonyl (C=O) groups excluding carboxylic acids is 1. The van der Waals surface area contributed by atoms with Crippen molar-refractivity contribution in [1.82, 2.24) is 10.6 Å². The first kappa shape index (κ1) is 20.0. The Kier molecular flexibility index (Phi) is 11.8. The maximum Gasteiger partial charge on any atom is 0.303 e. The van der Waals surface area contributed by atoms with Gasteiger partial charge >= 0.3 is 5.97 Å². The molecule has 11 nitrogen and oxygen atoms in total. The van der Waals surface area contributed by atoms with Gasteiger partial charge in [0.2, 0.25) is 12.5 Å². The molecular formula is C9H18N4O7. The van der Waals surface area contributed by atoms with Gasteiger partial charge < -0.3 is 10.4 Å². The van der Waals surface area contributed by atoms with Gasteiger partial charge in [-0.15, -0.1) is 0 Å². The fraction of sp³-hybridized carbons (Fsp3) is 0.778. The average molecular weight is 294 g/mol. The van der Waals surface area contributed by atoms with Gasteiger partial charge in [0.1, 0.15) is 0 Å². The number of nitrogens with one attached hydrogen (secondary N) is 2. The van der Waals surface area contributed by atoms with Gasteiger partial charge in [-0.1, -0.05) is 0 Å². The lowest BCUT2D eigenvalue weighted by Gasteiger charge is -2.12. The van der Waals surface area contributed by atoms with Crippen molar-refractivity contribution < 1.29 is 24.5 Å². The molecule has 0 aliphatic heterocycles. The van der Waals surface area contributed by atoms with E-state index >= 15 is 0 Å². The van der Waals surface area contributed by atoms with Crippen molar-refractivity contribution in [1.29, 1.82) is 0 Å². The van der Waals surface area contributed by atoms with Crippen molar-refractivity contribution in [3.8, 4) is 0 Å². The fourth-order valence-electron chi connectivity index (χ4n) is 0.940. The SMILES string of the molecule is CC[N+](=O)[O-].CNC(CCC(=O)O)C(=O)NC[N+](=O)[O-]. The second kappa shape index (κ2) is 11.8. The Bertz CT molecular complexity index is 347. The van der Waals surface area contributed by atoms with E-state index < -0.39 is 29.5 Å². The molecule has 3 N–H and O–H groups in total. The number of nitro groups is 2. The molecule has 1 unspecified atom stereocenters. The average Bonchev–Trinajstić information content (AvgIpc) is 2.37. The zero-order chi connectivity index (χ0) is 16.1. The van der Waals surface area contributed by atoms with Crippen LogP contribution in [-0.2, 0) is 9.59 Å². The number of carboxylic acid groups (broad SMARTS) is 1. The van der Waals surface area contributed by atoms with Crippen LogP contribution in [-0.4, -0.2) is 53.1 Å². The third kappa shape index (κ3) is 13.8. The summed E-state index contributed by atoms with van der Waals surface area (Å²) >= 11 is 0. The third-order valence-electron chi connectivity index (χ3n) is 1.95. The number of hydrogen-bond donors (Lipinski definition) is 3. The second-order valence-electron chi connectivity index (χ2n) is 3.45. The summed E-state index contributed by atoms with van der Waals surface area (Å²) in [5.74, 6) is -1.59. The van der Waals surface area contributed by atoms with Gasteiger partial charge in [0.05, 0.1) is 6.04 Å². The number of likely N-dealkylation sites (N-methyl/N-ethyl adjacent to an activating group) is 1. The smallest absolute Gasteiger partial charge is 0.303 e. The van der Waals surface area contributed by atoms with E-state index in [1.807, 2.05) is 0 Å². The summed E-state index contributed by atoms with van der Waals surface area (Å²) in [6.45, 7) is 0.865. The van der Waals surface area contributed by atoms with Crippen molar-refractivity contribution >= 4 is 11.9 Å². The first-order chi connectivity index (χ1) is 9.24. The van der Waals surface area contributed by atoms with Crippen LogP contribution in [0.4, 0.5) is 0 Å². The lowest BCUT2D eigenvalue weighted by atomic mass is 10.1. The van der Waals surface area contributed by atoms with Crippen molar-refractivity contribution in [2.45, 2.75) is 25.8 Å². The molecular weight excluding hydrogens is 276 g/mol. The molecule has 0 saturated carbocycles. The number of nitrogens with zero attached hydrogens (tertiary/aromatic N) is 2. The molecule has 1 amide bonds. The normalized spacial score (nSPS) is 10.7. The van der Waals surface area contributed by atoms with E-state index in [1.165, 1.54) is 14.0 Å². The van der Waals surface area contributed by atoms with Crippen LogP contribution < -0.4 is 10.6 Å². The van der Waals surface area contributed by atoms with Gasteiger partial charge in [-0.25, -0.2) is 0 Å². The van der Waals surface area contributed by atoms with E-state index in [4.69, 9.17) is 5.11 Å². The van der Waals surface area contributed by atoms with Crippen LogP contribution in [0.3, 0.4) is 0 Å². The molecule has 0 rings (SSSR count). The topological polar surface area (TPSA) is 165 Å². The molecule has 20 heavy (non-hydrogen) atoms. The van der Waals surface area contributed by atoms with Gasteiger partial charge in [0.15, 0.2) is 0 Å². The summed E-state index contributed by atoms with van der Waals surface area (Å²) in [4.78, 5) is 39.5. The van der Waals surface area contributed by atoms with Gasteiger partial charge in [0.25, 0.3) is 6.67 Å². The Hall–Kier alpha value is -2.30. The lowest BCUT2D eigenvalue weighted by molar-refractivity contribution is -0.483. The molecule has 11 heteroatoms. The molecule has 116 valence electrons. The van der Waals surface area contributed by atoms with Crippen molar-refractivity contribution in [3.05, 3.63) is 20.2 Å². The Labute approximate surface area is 114 Å². The highest BCUT2D eigenvalue weighted by Crippen LogP contribution is 1.96. The predicted octanol–water partition coefficient (Wildman–Crippen LogP) is -0.927. The zero-order valence-electron chi connectivity index (χ0n) is 11.2. The molecule has 0 bridgehead atoms. The van der Waals surface area contributed by atoms with Crippen LogP contribution >= 0.6 is 0 Å². The van der Waals surface area contributed by atoms with E-state index in [2.05, 4.69) is 10.6 Å². The highest BCUT2D eigenvalue weighted by atomic mass is 16.6. The van der Waals surface area contributed by atoms with Crippen LogP contribution in [0, 0.1) is 20.2 Å². The number of aliphatic carboxylic acids is 1. The molecule has 0 saturated heterocycles. The van der Waals surface area contributed by atoms with E-state index in [-0.39, 0.29) is 24.3 Å². The lowest BCUT2D eigenvalue weighted by Crippen LogP contribution is -2.44. The molecule has 1 atom stereocenters. The molecule has 0 aromatic heterocycles. The molecule has 0 radical (unpaired) electrons. The Balaban J connectivity index is 0. The molecule has 0 aromatic carbocycles. The van der Waals surface area contributed by atoms with E-state index in [0.717, 1.165) is 0 Å². The summed E-state index contributed by atoms with van der Waals surface area (Å²) in [5.41, 5.74) is 0. The first-order valence-corrected chi connectivity index (χ1v) is 5.64. The maximum atomic E-state index is 11.2. The summed E-state index contributed by atoms with van der Waals surface area (Å²) in [5, 5.41) is 32.2. The summed E-state index contributed by atoms with van der Waals surface area (Å²) in [7, 11) is 1.48. The van der Waals surface area contributed by atoms with Crippen LogP contribution in [0.5, 0.6) is 0 Å². The van der Waals surface area contributed by atoms with Crippen LogP contribution in [0.15, 0.2) is 0 Å². The number of hydrogen-bond acceptors (Lipinski definition) is 7. The Morgan fingerprint density at radius 3 is 2.05 bits per heavy atom. The minimum Gasteiger partial charge on any atom is -0.481 e. The number of carboxylic acids is 1. The molecule has 0 heterocycles. The van der Waals surface area contributed by atoms with Crippen molar-refractivity contribution in [3.63, 3.8) is 0 Å². The van der Waals surface area contributed by atoms with Gasteiger partial charge in [-0.3, -0.25) is 35.1 Å². The summed E-state index contributed by atoms with van der Waals surface area (Å²) in [6, 6.07) is -0.721. The summed E-state index contributed by atoms with van der Waals surface area (Å²) in [6.07, 6.45) is -0.0766. The van der Waals surface area contributed by atoms with Crippen LogP contribution in [0.25, 0.3) is 0 Å². The minimum absolute atomic E-state index is 0.0278. The molecule has 0 spiro atoms. The predicted molar refractivity (Wildman–Crippen MR) is 67.3 cm³/mol. The number of rotatable bonds is 8. The molecule has 0 fully saturated rings. The van der Waals surface area contributed by atoms with E-state index in [9.17, 15) is 29.8 Å². The zero-order valence-corrected chi connectivity index (χ0v) is 11.2. The third-order valence-corrected chi connectivity index (χ3v) is 1.95. The number of carbonyl (C=O) groups is 2. The minimum atomic E-state index is -1.02. The largest absolute Gasteiger partial charge is 0.481 e. The molecule has 0 aliphatic carbocycles. The molecule has 0 aromatic rings. The monoisotopic (exact) mass is 294 g/mol. The van der Waals surface area contributed by atoms with Crippen LogP contribution in [0.2, 0.25) is 0 Å².